The lowest BCUT2D eigenvalue weighted by Gasteiger charge is -1.98. The molecule has 2 heterocycles. The highest BCUT2D eigenvalue weighted by molar-refractivity contribution is 7.08. The maximum absolute atomic E-state index is 13.0. The minimum absolute atomic E-state index is 0.0164. The summed E-state index contributed by atoms with van der Waals surface area (Å²) in [5.41, 5.74) is 1.42. The zero-order valence-electron chi connectivity index (χ0n) is 12.1. The largest absolute Gasteiger partial charge is 0.452 e. The number of carbonyl (C=O) groups is 1. The normalized spacial score (nSPS) is 11.1. The Morgan fingerprint density at radius 3 is 3.04 bits per heavy atom. The number of thiophene rings is 1. The van der Waals surface area contributed by atoms with Crippen LogP contribution in [0.15, 0.2) is 45.6 Å². The van der Waals surface area contributed by atoms with Crippen LogP contribution < -0.4 is 0 Å². The maximum atomic E-state index is 13.0. The van der Waals surface area contributed by atoms with Gasteiger partial charge in [-0.05, 0) is 35.2 Å². The van der Waals surface area contributed by atoms with E-state index in [0.717, 1.165) is 5.56 Å². The fourth-order valence-corrected chi connectivity index (χ4v) is 2.61. The van der Waals surface area contributed by atoms with E-state index in [-0.39, 0.29) is 17.5 Å². The summed E-state index contributed by atoms with van der Waals surface area (Å²) in [5, 5.41) is 7.58. The van der Waals surface area contributed by atoms with Crippen LogP contribution in [0.4, 0.5) is 4.39 Å². The molecule has 0 fully saturated rings. The SMILES string of the molecule is O=C(/C=C/c1ccc(F)c(Cl)c1)OCc1nc(-c2ccsc2)no1. The molecule has 0 atom stereocenters. The molecule has 24 heavy (non-hydrogen) atoms. The zero-order valence-corrected chi connectivity index (χ0v) is 13.7. The van der Waals surface area contributed by atoms with Gasteiger partial charge in [0.25, 0.3) is 5.89 Å². The van der Waals surface area contributed by atoms with Gasteiger partial charge in [-0.25, -0.2) is 9.18 Å². The molecule has 0 bridgehead atoms. The van der Waals surface area contributed by atoms with E-state index in [1.54, 1.807) is 0 Å². The van der Waals surface area contributed by atoms with Gasteiger partial charge < -0.3 is 9.26 Å². The molecule has 0 N–H and O–H groups in total. The first-order valence-corrected chi connectivity index (χ1v) is 8.09. The summed E-state index contributed by atoms with van der Waals surface area (Å²) in [5.74, 6) is -0.471. The molecule has 8 heteroatoms. The van der Waals surface area contributed by atoms with Gasteiger partial charge in [-0.1, -0.05) is 22.8 Å². The summed E-state index contributed by atoms with van der Waals surface area (Å²) in [6.45, 7) is -0.134. The van der Waals surface area contributed by atoms with Crippen LogP contribution >= 0.6 is 22.9 Å². The van der Waals surface area contributed by atoms with Crippen molar-refractivity contribution < 1.29 is 18.4 Å². The van der Waals surface area contributed by atoms with Gasteiger partial charge in [-0.2, -0.15) is 16.3 Å². The Balaban J connectivity index is 1.55. The van der Waals surface area contributed by atoms with Crippen LogP contribution in [0.3, 0.4) is 0 Å². The van der Waals surface area contributed by atoms with E-state index in [9.17, 15) is 9.18 Å². The van der Waals surface area contributed by atoms with Gasteiger partial charge in [0.05, 0.1) is 5.02 Å². The van der Waals surface area contributed by atoms with Crippen LogP contribution in [-0.4, -0.2) is 16.1 Å². The third-order valence-corrected chi connectivity index (χ3v) is 3.91. The predicted molar refractivity (Wildman–Crippen MR) is 87.9 cm³/mol. The molecule has 3 aromatic rings. The van der Waals surface area contributed by atoms with E-state index in [1.807, 2.05) is 16.8 Å². The van der Waals surface area contributed by atoms with Gasteiger partial charge in [0.2, 0.25) is 5.82 Å². The van der Waals surface area contributed by atoms with Crippen molar-refractivity contribution in [2.75, 3.05) is 0 Å². The molecule has 0 spiro atoms. The molecule has 0 amide bonds. The molecule has 0 aliphatic carbocycles. The van der Waals surface area contributed by atoms with Gasteiger partial charge in [0.15, 0.2) is 6.61 Å². The number of hydrogen-bond donors (Lipinski definition) is 0. The van der Waals surface area contributed by atoms with Crippen molar-refractivity contribution >= 4 is 35.0 Å². The van der Waals surface area contributed by atoms with Crippen molar-refractivity contribution in [1.82, 2.24) is 10.1 Å². The Morgan fingerprint density at radius 2 is 2.29 bits per heavy atom. The summed E-state index contributed by atoms with van der Waals surface area (Å²) in [7, 11) is 0. The Morgan fingerprint density at radius 1 is 1.42 bits per heavy atom. The number of nitrogens with zero attached hydrogens (tertiary/aromatic N) is 2. The van der Waals surface area contributed by atoms with E-state index < -0.39 is 11.8 Å². The number of rotatable bonds is 5. The van der Waals surface area contributed by atoms with E-state index in [4.69, 9.17) is 20.9 Å². The number of ether oxygens (including phenoxy) is 1. The molecule has 0 unspecified atom stereocenters. The first kappa shape index (κ1) is 16.4. The van der Waals surface area contributed by atoms with Crippen LogP contribution in [0.2, 0.25) is 5.02 Å². The molecule has 0 saturated carbocycles. The topological polar surface area (TPSA) is 65.2 Å². The third-order valence-electron chi connectivity index (χ3n) is 2.94. The van der Waals surface area contributed by atoms with E-state index in [1.165, 1.54) is 41.7 Å². The highest BCUT2D eigenvalue weighted by Crippen LogP contribution is 2.19. The average molecular weight is 365 g/mol. The molecule has 5 nitrogen and oxygen atoms in total. The average Bonchev–Trinajstić information content (AvgIpc) is 3.25. The standard InChI is InChI=1S/C16H10ClFN2O3S/c17-12-7-10(1-3-13(12)18)2-4-15(21)22-8-14-19-16(20-23-14)11-5-6-24-9-11/h1-7,9H,8H2/b4-2+. The Bertz CT molecular complexity index is 877. The lowest BCUT2D eigenvalue weighted by molar-refractivity contribution is -0.139. The molecule has 1 aromatic carbocycles. The molecular weight excluding hydrogens is 355 g/mol. The molecule has 0 aliphatic rings. The molecule has 0 aliphatic heterocycles. The van der Waals surface area contributed by atoms with Crippen LogP contribution in [0, 0.1) is 5.82 Å². The number of esters is 1. The number of aromatic nitrogens is 2. The Labute approximate surface area is 145 Å². The molecule has 3 rings (SSSR count). The summed E-state index contributed by atoms with van der Waals surface area (Å²) in [6.07, 6.45) is 2.68. The van der Waals surface area contributed by atoms with Crippen molar-refractivity contribution in [1.29, 1.82) is 0 Å². The minimum atomic E-state index is -0.592. The predicted octanol–water partition coefficient (Wildman–Crippen LogP) is 4.35. The fourth-order valence-electron chi connectivity index (χ4n) is 1.78. The van der Waals surface area contributed by atoms with Crippen LogP contribution in [0.5, 0.6) is 0 Å². The molecular formula is C16H10ClFN2O3S. The van der Waals surface area contributed by atoms with E-state index >= 15 is 0 Å². The van der Waals surface area contributed by atoms with Gasteiger partial charge in [-0.3, -0.25) is 0 Å². The van der Waals surface area contributed by atoms with Crippen molar-refractivity contribution in [2.24, 2.45) is 0 Å². The third kappa shape index (κ3) is 4.06. The first-order valence-electron chi connectivity index (χ1n) is 6.77. The Hall–Kier alpha value is -2.51. The summed E-state index contributed by atoms with van der Waals surface area (Å²) < 4.78 is 23.1. The molecule has 0 radical (unpaired) electrons. The van der Waals surface area contributed by atoms with Gasteiger partial charge in [-0.15, -0.1) is 0 Å². The summed E-state index contributed by atoms with van der Waals surface area (Å²) in [6, 6.07) is 5.99. The van der Waals surface area contributed by atoms with Crippen LogP contribution in [0.25, 0.3) is 17.5 Å². The summed E-state index contributed by atoms with van der Waals surface area (Å²) in [4.78, 5) is 15.8. The number of carbonyl (C=O) groups excluding carboxylic acids is 1. The van der Waals surface area contributed by atoms with E-state index in [0.29, 0.717) is 11.4 Å². The summed E-state index contributed by atoms with van der Waals surface area (Å²) >= 11 is 7.18. The quantitative estimate of drug-likeness (QED) is 0.497. The van der Waals surface area contributed by atoms with Gasteiger partial charge in [0, 0.05) is 17.0 Å². The van der Waals surface area contributed by atoms with Gasteiger partial charge >= 0.3 is 5.97 Å². The second-order valence-corrected chi connectivity index (χ2v) is 5.83. The number of benzene rings is 1. The van der Waals surface area contributed by atoms with Crippen molar-refractivity contribution in [3.8, 4) is 11.4 Å². The lowest BCUT2D eigenvalue weighted by atomic mass is 10.2. The van der Waals surface area contributed by atoms with Crippen molar-refractivity contribution in [2.45, 2.75) is 6.61 Å². The monoisotopic (exact) mass is 364 g/mol. The Kier molecular flexibility index (Phi) is 5.02. The van der Waals surface area contributed by atoms with Crippen molar-refractivity contribution in [3.63, 3.8) is 0 Å². The van der Waals surface area contributed by atoms with Crippen molar-refractivity contribution in [3.05, 3.63) is 63.4 Å². The number of halogens is 2. The highest BCUT2D eigenvalue weighted by atomic mass is 35.5. The smallest absolute Gasteiger partial charge is 0.331 e. The fraction of sp³-hybridized carbons (Fsp3) is 0.0625. The first-order chi connectivity index (χ1) is 11.6. The highest BCUT2D eigenvalue weighted by Gasteiger charge is 2.10. The maximum Gasteiger partial charge on any atom is 0.331 e. The molecule has 122 valence electrons. The van der Waals surface area contributed by atoms with E-state index in [2.05, 4.69) is 10.1 Å². The lowest BCUT2D eigenvalue weighted by Crippen LogP contribution is -2.00. The molecule has 2 aromatic heterocycles. The second kappa shape index (κ2) is 7.37. The minimum Gasteiger partial charge on any atom is -0.452 e. The second-order valence-electron chi connectivity index (χ2n) is 4.64. The van der Waals surface area contributed by atoms with Gasteiger partial charge in [0.1, 0.15) is 5.82 Å². The van der Waals surface area contributed by atoms with Crippen LogP contribution in [-0.2, 0) is 16.1 Å². The van der Waals surface area contributed by atoms with Crippen LogP contribution in [0.1, 0.15) is 11.5 Å². The zero-order chi connectivity index (χ0) is 16.9. The molecule has 0 saturated heterocycles. The number of hydrogen-bond acceptors (Lipinski definition) is 6.